The molecule has 4 saturated heterocycles. The maximum absolute atomic E-state index is 15.8. The quantitative estimate of drug-likeness (QED) is 0.0149. The van der Waals surface area contributed by atoms with Crippen molar-refractivity contribution in [3.63, 3.8) is 0 Å². The maximum atomic E-state index is 15.8. The van der Waals surface area contributed by atoms with Crippen molar-refractivity contribution in [1.29, 1.82) is 27.0 Å². The number of phenols is 1. The van der Waals surface area contributed by atoms with E-state index in [1.54, 1.807) is 71.9 Å². The molecule has 0 spiro atoms. The Balaban J connectivity index is 1.65. The number of benzene rings is 2. The predicted octanol–water partition coefficient (Wildman–Crippen LogP) is -7.82. The average Bonchev–Trinajstić information content (AvgIpc) is 0.845. The van der Waals surface area contributed by atoms with Gasteiger partial charge in [0.25, 0.3) is 0 Å². The number of guanidine groups is 5. The van der Waals surface area contributed by atoms with E-state index in [-0.39, 0.29) is 128 Å². The highest BCUT2D eigenvalue weighted by Crippen LogP contribution is 2.29. The number of aromatic hydroxyl groups is 1. The van der Waals surface area contributed by atoms with Gasteiger partial charge in [-0.15, -0.1) is 0 Å². The van der Waals surface area contributed by atoms with Crippen LogP contribution in [0.5, 0.6) is 5.75 Å². The molecule has 18 amide bonds. The van der Waals surface area contributed by atoms with Gasteiger partial charge < -0.3 is 161 Å². The van der Waals surface area contributed by atoms with Crippen molar-refractivity contribution in [2.24, 2.45) is 46.4 Å². The SMILES string of the molecule is CC[C@H](C)[C@@H]1NC(=O)[C@@H]2CSSC[C@H](NC(=O)[C@H](CCCNC(=N)N)NC(=O)[C@@H]3CSSC[C@H](NC1=O)C(=O)N[C@@H]([C@@H](C)O)C(=O)N[C@@H](CCCNC(=N)N)C(=O)NCC(=O)N[C@@H](Cc1ccccc1)C(=O)N3)C(=O)N[C@@H](CC(C)C)C(=O)N[C@H]1CSSC[C@H](NC(=O)[C@H](C(C)C)NC(=O)[C@H](Cc3ccc(O)cc3)NC(=O)[C@H](CCCNC(=N)N)NC(=O)[C@H](CCCNC(=N)N)NC1=O)C(=O)N[C@@H](CCCNC(=N)N)C(=O)N2. The lowest BCUT2D eigenvalue weighted by Gasteiger charge is -2.31. The van der Waals surface area contributed by atoms with Crippen LogP contribution in [-0.2, 0) is 99.1 Å². The van der Waals surface area contributed by atoms with Gasteiger partial charge in [-0.3, -0.25) is 113 Å². The summed E-state index contributed by atoms with van der Waals surface area (Å²) in [6.45, 7) is 9.53. The van der Waals surface area contributed by atoms with Crippen LogP contribution in [0.4, 0.5) is 0 Å². The minimum atomic E-state index is -1.95. The summed E-state index contributed by atoms with van der Waals surface area (Å²) in [5, 5.41) is 122. The standard InChI is InChI=1S/C89H143N33O20S6/c1-8-45(6)66-83(141)119-63-42-148-144-38-59(117-74(132)56(34-47-17-10-9-11-18-47)106-64(125)36-105-68(126)50(19-12-28-100-85(90)91)111-84(142)67(46(7)123)122-81(63)139)77(135)109-53(22-15-31-103-88(96)97)71(129)114-60-39-145-147-41-62(80(138)121-66)115-72(130)54(23-16-32-104-89(98)99)110-78(136)61-40-146-143-37-58(116-73(131)55(33-43(2)3)112-79(60)137)76(134)108-51(20-13-29-101-86(92)93)69(127)107-52(21-14-30-102-87(94)95)70(128)113-57(35-48-24-26-49(124)27-25-48)75(133)120-65(44(4)5)82(140)118-61/h9-11,17-18,24-27,43-46,50-63,65-67,123-124H,8,12-16,19-23,28-42H2,1-7H3,(H,105,126)(H,106,125)(H,107,127)(H,108,134)(H,109,135)(H,110,136)(H,111,142)(H,112,137)(H,113,128)(H,114,129)(H,115,130)(H,116,131)(H,117,132)(H,118,140)(H,119,141)(H,120,133)(H,121,138)(H,122,139)(H4,90,91,100)(H4,92,93,101)(H4,94,95,102)(H4,96,97,103)(H4,98,99,104)/t45-,46+,50-,51-,52-,53-,54-,55-,56-,57-,58-,59-,60-,61-,62-,63-,65-,66-,67-/m0/s1. The van der Waals surface area contributed by atoms with Crippen LogP contribution >= 0.6 is 64.8 Å². The smallest absolute Gasteiger partial charge is 0.245 e. The average molecular weight is 2190 g/mol. The molecule has 820 valence electrons. The van der Waals surface area contributed by atoms with Crippen molar-refractivity contribution < 1.29 is 96.5 Å². The molecule has 4 heterocycles. The van der Waals surface area contributed by atoms with Gasteiger partial charge in [-0.05, 0) is 119 Å². The zero-order chi connectivity index (χ0) is 109. The first-order valence-electron chi connectivity index (χ1n) is 48.3. The van der Waals surface area contributed by atoms with E-state index in [0.717, 1.165) is 71.7 Å². The van der Waals surface area contributed by atoms with Crippen molar-refractivity contribution in [3.8, 4) is 5.75 Å². The second kappa shape index (κ2) is 64.4. The highest BCUT2D eigenvalue weighted by molar-refractivity contribution is 8.77. The van der Waals surface area contributed by atoms with Crippen molar-refractivity contribution in [3.05, 3.63) is 65.7 Å². The van der Waals surface area contributed by atoms with Crippen LogP contribution in [0, 0.1) is 44.8 Å². The molecule has 53 nitrogen and oxygen atoms in total. The van der Waals surface area contributed by atoms with Gasteiger partial charge in [-0.25, -0.2) is 0 Å². The molecule has 4 aliphatic rings. The molecule has 2 aromatic rings. The molecular weight excluding hydrogens is 2040 g/mol. The van der Waals surface area contributed by atoms with Crippen LogP contribution in [-0.4, -0.2) is 329 Å². The highest BCUT2D eigenvalue weighted by Gasteiger charge is 2.43. The van der Waals surface area contributed by atoms with Crippen LogP contribution < -0.4 is 151 Å². The number of aliphatic hydroxyl groups is 1. The zero-order valence-corrected chi connectivity index (χ0v) is 88.2. The van der Waals surface area contributed by atoms with Crippen LogP contribution in [0.15, 0.2) is 54.6 Å². The molecule has 4 aliphatic heterocycles. The molecule has 59 heteroatoms. The van der Waals surface area contributed by atoms with Gasteiger partial charge in [0, 0.05) is 80.1 Å². The van der Waals surface area contributed by atoms with Gasteiger partial charge in [0.1, 0.15) is 108 Å². The Hall–Kier alpha value is -12.9. The second-order valence-corrected chi connectivity index (χ2v) is 43.9. The van der Waals surface area contributed by atoms with E-state index < -0.39 is 304 Å². The number of fused-ring (bicyclic) bond motifs is 15. The Labute approximate surface area is 880 Å². The molecule has 0 unspecified atom stereocenters. The van der Waals surface area contributed by atoms with Gasteiger partial charge >= 0.3 is 0 Å². The summed E-state index contributed by atoms with van der Waals surface area (Å²) in [5.41, 5.74) is 29.1. The van der Waals surface area contributed by atoms with E-state index >= 15 is 71.9 Å². The van der Waals surface area contributed by atoms with Crippen molar-refractivity contribution in [2.75, 3.05) is 73.8 Å². The van der Waals surface area contributed by atoms with Crippen LogP contribution in [0.3, 0.4) is 0 Å². The Morgan fingerprint density at radius 1 is 0.324 bits per heavy atom. The third-order valence-corrected chi connectivity index (χ3v) is 30.6. The molecule has 6 bridgehead atoms. The Kier molecular flexibility index (Phi) is 53.9. The molecule has 40 N–H and O–H groups in total. The Morgan fingerprint density at radius 3 is 0.932 bits per heavy atom. The fraction of sp³-hybridized carbons (Fsp3) is 0.607. The Bertz CT molecular complexity index is 4930. The lowest BCUT2D eigenvalue weighted by Crippen LogP contribution is -2.63. The van der Waals surface area contributed by atoms with E-state index in [1.165, 1.54) is 24.3 Å². The Morgan fingerprint density at radius 2 is 0.588 bits per heavy atom. The van der Waals surface area contributed by atoms with Crippen LogP contribution in [0.2, 0.25) is 0 Å². The minimum Gasteiger partial charge on any atom is -0.508 e. The van der Waals surface area contributed by atoms with E-state index in [0.29, 0.717) is 11.1 Å². The van der Waals surface area contributed by atoms with Crippen molar-refractivity contribution >= 4 is 201 Å². The number of rotatable bonds is 30. The zero-order valence-electron chi connectivity index (χ0n) is 83.3. The first-order chi connectivity index (χ1) is 70.2. The summed E-state index contributed by atoms with van der Waals surface area (Å²) in [7, 11) is 4.78. The number of carbonyl (C=O) groups is 18. The number of amides is 18. The summed E-state index contributed by atoms with van der Waals surface area (Å²) in [6, 6.07) is -15.5. The normalized spacial score (nSPS) is 25.8. The summed E-state index contributed by atoms with van der Waals surface area (Å²) in [5.74, 6) is -27.3. The molecule has 6 rings (SSSR count). The number of aliphatic hydroxyl groups excluding tert-OH is 1. The topological polar surface area (TPSA) is 874 Å². The summed E-state index contributed by atoms with van der Waals surface area (Å²) in [4.78, 5) is 275. The largest absolute Gasteiger partial charge is 0.508 e. The molecule has 148 heavy (non-hydrogen) atoms. The molecule has 0 saturated carbocycles. The maximum Gasteiger partial charge on any atom is 0.245 e. The van der Waals surface area contributed by atoms with E-state index in [1.807, 2.05) is 0 Å². The van der Waals surface area contributed by atoms with Gasteiger partial charge in [-0.2, -0.15) is 0 Å². The molecular formula is C89H143N33O20S6. The second-order valence-electron chi connectivity index (χ2n) is 36.3. The number of phenolic OH excluding ortho intramolecular Hbond substituents is 1. The lowest BCUT2D eigenvalue weighted by molar-refractivity contribution is -0.137. The number of hydrogen-bond donors (Lipinski definition) is 35. The van der Waals surface area contributed by atoms with E-state index in [9.17, 15) is 24.6 Å². The highest BCUT2D eigenvalue weighted by atomic mass is 33.1. The minimum absolute atomic E-state index is 0.00686. The molecule has 0 aromatic heterocycles. The third-order valence-electron chi connectivity index (χ3n) is 23.4. The molecule has 2 aromatic carbocycles. The van der Waals surface area contributed by atoms with Crippen molar-refractivity contribution in [1.82, 2.24) is 122 Å². The summed E-state index contributed by atoms with van der Waals surface area (Å²) < 4.78 is 0. The number of nitrogens with one attached hydrogen (secondary N) is 28. The number of nitrogens with two attached hydrogens (primary N) is 5. The molecule has 0 aliphatic carbocycles. The number of carbonyl (C=O) groups excluding carboxylic acids is 18. The monoisotopic (exact) mass is 2190 g/mol. The fourth-order valence-electron chi connectivity index (χ4n) is 15.1. The number of hydrogen-bond acceptors (Lipinski definition) is 31. The molecule has 0 radical (unpaired) electrons. The first-order valence-corrected chi connectivity index (χ1v) is 55.7. The van der Waals surface area contributed by atoms with Crippen LogP contribution in [0.1, 0.15) is 137 Å². The van der Waals surface area contributed by atoms with E-state index in [2.05, 4.69) is 122 Å². The van der Waals surface area contributed by atoms with Crippen molar-refractivity contribution in [2.45, 2.75) is 247 Å². The lowest BCUT2D eigenvalue weighted by atomic mass is 9.97. The van der Waals surface area contributed by atoms with Gasteiger partial charge in [-0.1, -0.05) is 155 Å². The van der Waals surface area contributed by atoms with Crippen LogP contribution in [0.25, 0.3) is 0 Å². The predicted molar refractivity (Wildman–Crippen MR) is 564 cm³/mol. The van der Waals surface area contributed by atoms with Gasteiger partial charge in [0.2, 0.25) is 106 Å². The molecule has 19 atom stereocenters. The third kappa shape index (κ3) is 44.6. The fourth-order valence-corrected chi connectivity index (χ4v) is 22.1. The van der Waals surface area contributed by atoms with Gasteiger partial charge in [0.05, 0.1) is 12.6 Å². The molecule has 4 fully saturated rings. The first kappa shape index (κ1) is 124. The summed E-state index contributed by atoms with van der Waals surface area (Å²) in [6.07, 6.45) is -4.22. The summed E-state index contributed by atoms with van der Waals surface area (Å²) >= 11 is 0. The van der Waals surface area contributed by atoms with Gasteiger partial charge in [0.15, 0.2) is 29.8 Å². The van der Waals surface area contributed by atoms with E-state index in [4.69, 9.17) is 55.7 Å².